The summed E-state index contributed by atoms with van der Waals surface area (Å²) < 4.78 is 40.6. The minimum absolute atomic E-state index is 0.0292. The zero-order chi connectivity index (χ0) is 32.4. The van der Waals surface area contributed by atoms with Crippen molar-refractivity contribution < 1.29 is 22.5 Å². The number of carbonyl (C=O) groups is 1. The lowest BCUT2D eigenvalue weighted by Crippen LogP contribution is -2.43. The van der Waals surface area contributed by atoms with E-state index in [2.05, 4.69) is 16.8 Å². The Bertz CT molecular complexity index is 1690. The van der Waals surface area contributed by atoms with Crippen molar-refractivity contribution in [1.82, 2.24) is 10.1 Å². The van der Waals surface area contributed by atoms with Crippen molar-refractivity contribution in [2.45, 2.75) is 101 Å². The van der Waals surface area contributed by atoms with Crippen molar-refractivity contribution in [2.75, 3.05) is 4.72 Å². The standard InChI is InChI=1S/C32H37B3N4O5S/c1-4-5-13-28-36-31(16-9-6-10-17-31)30(40)39(28)19-23-14-15-25(24(18-23)20-43-32(33,34)35)26-11-7-8-12-27(26)45(41,42)38-29-21(2)22(3)44-37-29/h7-8,11-12,14-15,18H,4-6,9-10,13,16-17,19-20H2,1-3H3,(H,37,38). The molecule has 5 rings (SSSR count). The summed E-state index contributed by atoms with van der Waals surface area (Å²) in [5, 5.41) is 1.94. The molecule has 1 saturated carbocycles. The Morgan fingerprint density at radius 3 is 2.47 bits per heavy atom. The summed E-state index contributed by atoms with van der Waals surface area (Å²) in [6.07, 6.45) is 7.32. The molecule has 6 radical (unpaired) electrons. The number of nitrogens with zero attached hydrogens (tertiary/aromatic N) is 3. The molecule has 2 aromatic carbocycles. The van der Waals surface area contributed by atoms with E-state index in [1.54, 1.807) is 32.0 Å². The van der Waals surface area contributed by atoms with E-state index in [9.17, 15) is 13.2 Å². The predicted molar refractivity (Wildman–Crippen MR) is 177 cm³/mol. The molecule has 0 bridgehead atoms. The summed E-state index contributed by atoms with van der Waals surface area (Å²) in [5.41, 5.74) is 2.36. The molecule has 0 saturated heterocycles. The van der Waals surface area contributed by atoms with E-state index in [0.29, 0.717) is 34.6 Å². The van der Waals surface area contributed by atoms with E-state index in [1.807, 2.05) is 23.1 Å². The first-order valence-corrected chi connectivity index (χ1v) is 16.9. The fourth-order valence-corrected chi connectivity index (χ4v) is 7.29. The second-order valence-electron chi connectivity index (χ2n) is 12.1. The minimum Gasteiger partial charge on any atom is -0.398 e. The van der Waals surface area contributed by atoms with Gasteiger partial charge in [-0.1, -0.05) is 74.2 Å². The second-order valence-corrected chi connectivity index (χ2v) is 13.7. The molecule has 0 atom stereocenters. The number of carbonyl (C=O) groups excluding carboxylic acids is 1. The lowest BCUT2D eigenvalue weighted by molar-refractivity contribution is -0.132. The molecule has 1 spiro atoms. The van der Waals surface area contributed by atoms with Gasteiger partial charge in [-0.05, 0) is 61.2 Å². The van der Waals surface area contributed by atoms with Crippen LogP contribution < -0.4 is 4.72 Å². The van der Waals surface area contributed by atoms with Crippen LogP contribution in [0.5, 0.6) is 0 Å². The van der Waals surface area contributed by atoms with E-state index in [-0.39, 0.29) is 23.2 Å². The Kier molecular flexibility index (Phi) is 9.70. The summed E-state index contributed by atoms with van der Waals surface area (Å²) >= 11 is 0. The maximum Gasteiger partial charge on any atom is 0.263 e. The Morgan fingerprint density at radius 1 is 1.07 bits per heavy atom. The number of amidine groups is 1. The fourth-order valence-electron chi connectivity index (χ4n) is 6.01. The van der Waals surface area contributed by atoms with Crippen molar-refractivity contribution in [1.29, 1.82) is 0 Å². The molecule has 1 aliphatic heterocycles. The summed E-state index contributed by atoms with van der Waals surface area (Å²) in [5.74, 6) is 1.52. The fraction of sp³-hybridized carbons (Fsp3) is 0.469. The number of hydrogen-bond donors (Lipinski definition) is 1. The lowest BCUT2D eigenvalue weighted by Gasteiger charge is -2.30. The number of amides is 1. The quantitative estimate of drug-likeness (QED) is 0.284. The van der Waals surface area contributed by atoms with E-state index in [0.717, 1.165) is 62.8 Å². The monoisotopic (exact) mass is 622 g/mol. The van der Waals surface area contributed by atoms with Gasteiger partial charge in [-0.3, -0.25) is 19.4 Å². The molecule has 45 heavy (non-hydrogen) atoms. The van der Waals surface area contributed by atoms with Gasteiger partial charge >= 0.3 is 0 Å². The molecule has 0 unspecified atom stereocenters. The number of hydrogen-bond acceptors (Lipinski definition) is 7. The van der Waals surface area contributed by atoms with Crippen molar-refractivity contribution in [3.8, 4) is 11.1 Å². The number of aryl methyl sites for hydroxylation is 1. The number of nitrogens with one attached hydrogen (secondary N) is 1. The highest BCUT2D eigenvalue weighted by atomic mass is 32.2. The van der Waals surface area contributed by atoms with Crippen LogP contribution in [0.4, 0.5) is 5.82 Å². The van der Waals surface area contributed by atoms with Crippen molar-refractivity contribution in [2.24, 2.45) is 4.99 Å². The average molecular weight is 622 g/mol. The highest BCUT2D eigenvalue weighted by Gasteiger charge is 2.48. The van der Waals surface area contributed by atoms with E-state index >= 15 is 0 Å². The average Bonchev–Trinajstić information content (AvgIpc) is 3.44. The van der Waals surface area contributed by atoms with Crippen LogP contribution >= 0.6 is 0 Å². The molecule has 1 fully saturated rings. The van der Waals surface area contributed by atoms with Crippen molar-refractivity contribution >= 4 is 51.1 Å². The summed E-state index contributed by atoms with van der Waals surface area (Å²) in [6, 6.07) is 12.2. The molecule has 1 aliphatic carbocycles. The van der Waals surface area contributed by atoms with Crippen molar-refractivity contribution in [3.63, 3.8) is 0 Å². The molecule has 1 amide bonds. The number of aliphatic imine (C=N–C) groups is 1. The number of aromatic nitrogens is 1. The third kappa shape index (κ3) is 7.25. The van der Waals surface area contributed by atoms with E-state index in [4.69, 9.17) is 37.8 Å². The van der Waals surface area contributed by atoms with Crippen LogP contribution in [0.25, 0.3) is 11.1 Å². The Balaban J connectivity index is 1.51. The molecule has 13 heteroatoms. The zero-order valence-electron chi connectivity index (χ0n) is 26.1. The maximum atomic E-state index is 13.9. The Morgan fingerprint density at radius 2 is 1.80 bits per heavy atom. The van der Waals surface area contributed by atoms with Gasteiger partial charge < -0.3 is 9.26 Å². The molecule has 9 nitrogen and oxygen atoms in total. The van der Waals surface area contributed by atoms with Gasteiger partial charge in [-0.25, -0.2) is 8.42 Å². The predicted octanol–water partition coefficient (Wildman–Crippen LogP) is 5.03. The van der Waals surface area contributed by atoms with Crippen LogP contribution in [0.2, 0.25) is 0 Å². The smallest absolute Gasteiger partial charge is 0.263 e. The first-order valence-electron chi connectivity index (χ1n) is 15.4. The number of benzene rings is 2. The number of sulfonamides is 1. The summed E-state index contributed by atoms with van der Waals surface area (Å²) in [6.45, 7) is 5.77. The van der Waals surface area contributed by atoms with Gasteiger partial charge in [0.25, 0.3) is 15.9 Å². The van der Waals surface area contributed by atoms with Crippen LogP contribution in [-0.2, 0) is 32.7 Å². The number of anilines is 1. The summed E-state index contributed by atoms with van der Waals surface area (Å²) in [4.78, 5) is 20.8. The van der Waals surface area contributed by atoms with Crippen LogP contribution in [-0.4, -0.2) is 64.6 Å². The maximum absolute atomic E-state index is 13.9. The highest BCUT2D eigenvalue weighted by molar-refractivity contribution is 7.92. The van der Waals surface area contributed by atoms with Gasteiger partial charge in [0.15, 0.2) is 5.82 Å². The molecule has 2 heterocycles. The lowest BCUT2D eigenvalue weighted by atomic mass is 9.52. The molecule has 3 aromatic rings. The normalized spacial score (nSPS) is 16.7. The zero-order valence-corrected chi connectivity index (χ0v) is 27.0. The topological polar surface area (TPSA) is 114 Å². The third-order valence-electron chi connectivity index (χ3n) is 8.58. The molecule has 1 aromatic heterocycles. The van der Waals surface area contributed by atoms with Gasteiger partial charge in [0.1, 0.15) is 17.1 Å². The van der Waals surface area contributed by atoms with Gasteiger partial charge in [0.2, 0.25) is 0 Å². The van der Waals surface area contributed by atoms with Crippen LogP contribution in [0, 0.1) is 13.8 Å². The third-order valence-corrected chi connectivity index (χ3v) is 9.97. The number of rotatable bonds is 12. The molecule has 230 valence electrons. The van der Waals surface area contributed by atoms with Gasteiger partial charge in [0.05, 0.1) is 41.6 Å². The molecular formula is C32H37B3N4O5S. The van der Waals surface area contributed by atoms with Gasteiger partial charge in [-0.15, -0.1) is 0 Å². The number of ether oxygens (including phenoxy) is 1. The van der Waals surface area contributed by atoms with Crippen LogP contribution in [0.15, 0.2) is 56.9 Å². The first-order chi connectivity index (χ1) is 21.3. The van der Waals surface area contributed by atoms with E-state index in [1.165, 1.54) is 6.07 Å². The molecule has 2 aliphatic rings. The van der Waals surface area contributed by atoms with Crippen molar-refractivity contribution in [3.05, 3.63) is 64.9 Å². The highest BCUT2D eigenvalue weighted by Crippen LogP contribution is 2.39. The Hall–Kier alpha value is -3.31. The SMILES string of the molecule is [B]C([B])([B])OCc1cc(CN2C(=O)C3(CCCCC3)N=C2CCCC)ccc1-c1ccccc1S(=O)(=O)Nc1noc(C)c1C. The molecule has 1 N–H and O–H groups in total. The van der Waals surface area contributed by atoms with Gasteiger partial charge in [-0.2, -0.15) is 0 Å². The summed E-state index contributed by atoms with van der Waals surface area (Å²) in [7, 11) is 13.2. The largest absolute Gasteiger partial charge is 0.398 e. The minimum atomic E-state index is -4.09. The molecular weight excluding hydrogens is 585 g/mol. The van der Waals surface area contributed by atoms with E-state index < -0.39 is 20.9 Å². The Labute approximate surface area is 269 Å². The first kappa shape index (κ1) is 33.1. The second kappa shape index (κ2) is 13.2. The van der Waals surface area contributed by atoms with Crippen LogP contribution in [0.3, 0.4) is 0 Å². The van der Waals surface area contributed by atoms with Gasteiger partial charge in [0, 0.05) is 17.5 Å². The van der Waals surface area contributed by atoms with Crippen LogP contribution in [0.1, 0.15) is 80.7 Å². The number of unbranched alkanes of at least 4 members (excludes halogenated alkanes) is 1.